The van der Waals surface area contributed by atoms with Gasteiger partial charge in [0.25, 0.3) is 0 Å². The van der Waals surface area contributed by atoms with Crippen LogP contribution in [0.25, 0.3) is 0 Å². The van der Waals surface area contributed by atoms with Gasteiger partial charge in [-0.05, 0) is 48.5 Å². The van der Waals surface area contributed by atoms with Crippen LogP contribution in [0, 0.1) is 0 Å². The second kappa shape index (κ2) is 8.89. The summed E-state index contributed by atoms with van der Waals surface area (Å²) in [7, 11) is -4.46. The molecule has 4 aromatic carbocycles. The van der Waals surface area contributed by atoms with Crippen molar-refractivity contribution in [3.8, 4) is 0 Å². The third kappa shape index (κ3) is 3.43. The lowest BCUT2D eigenvalue weighted by Crippen LogP contribution is -2.49. The second-order valence-electron chi connectivity index (χ2n) is 8.41. The van der Waals surface area contributed by atoms with E-state index in [1.807, 2.05) is 72.8 Å². The summed E-state index contributed by atoms with van der Waals surface area (Å²) in [5.74, 6) is -1.05. The Labute approximate surface area is 191 Å². The van der Waals surface area contributed by atoms with E-state index in [0.29, 0.717) is 12.3 Å². The lowest BCUT2D eigenvalue weighted by Gasteiger charge is -2.43. The molecule has 2 N–H and O–H groups in total. The Hall–Kier alpha value is -2.34. The predicted molar refractivity (Wildman–Crippen MR) is 140 cm³/mol. The molecule has 2 unspecified atom stereocenters. The highest BCUT2D eigenvalue weighted by molar-refractivity contribution is 7.96. The molecule has 0 spiro atoms. The lowest BCUT2D eigenvalue weighted by molar-refractivity contribution is 0.249. The zero-order chi connectivity index (χ0) is 22.0. The predicted octanol–water partition coefficient (Wildman–Crippen LogP) is 3.97. The smallest absolute Gasteiger partial charge is 0.208 e. The standard InChI is InChI=1S/C28H28O2P2/c29-27-22-32(25-17-9-3-10-18-25,26-19-11-4-12-20-26)28(30)21-31(27,23-13-5-1-6-14-23)24-15-7-2-8-16-24/h1-20,27-30H,21-22H2/q+2. The molecule has 0 amide bonds. The van der Waals surface area contributed by atoms with E-state index in [9.17, 15) is 10.2 Å². The second-order valence-corrected chi connectivity index (χ2v) is 15.9. The molecule has 1 heterocycles. The first kappa shape index (κ1) is 21.5. The van der Waals surface area contributed by atoms with Gasteiger partial charge in [-0.2, -0.15) is 0 Å². The first-order chi connectivity index (χ1) is 15.7. The number of aliphatic hydroxyl groups excluding tert-OH is 2. The Morgan fingerprint density at radius 2 is 0.625 bits per heavy atom. The Kier molecular flexibility index (Phi) is 5.97. The molecule has 1 aliphatic heterocycles. The summed E-state index contributed by atoms with van der Waals surface area (Å²) in [4.78, 5) is 0. The SMILES string of the molecule is OC1C[P+](c2ccccc2)(c2ccccc2)C(O)C[P+]1(c1ccccc1)c1ccccc1. The van der Waals surface area contributed by atoms with Crippen molar-refractivity contribution < 1.29 is 10.2 Å². The molecule has 5 rings (SSSR count). The highest BCUT2D eigenvalue weighted by atomic mass is 31.2. The number of hydrogen-bond donors (Lipinski definition) is 2. The van der Waals surface area contributed by atoms with E-state index in [1.165, 1.54) is 0 Å². The van der Waals surface area contributed by atoms with E-state index in [1.54, 1.807) is 0 Å². The molecule has 32 heavy (non-hydrogen) atoms. The van der Waals surface area contributed by atoms with Crippen molar-refractivity contribution in [3.63, 3.8) is 0 Å². The van der Waals surface area contributed by atoms with Gasteiger partial charge in [0.15, 0.2) is 0 Å². The molecule has 2 nitrogen and oxygen atoms in total. The first-order valence-electron chi connectivity index (χ1n) is 11.0. The fourth-order valence-electron chi connectivity index (χ4n) is 5.22. The van der Waals surface area contributed by atoms with Gasteiger partial charge in [0, 0.05) is 0 Å². The van der Waals surface area contributed by atoms with Crippen LogP contribution in [0.1, 0.15) is 0 Å². The van der Waals surface area contributed by atoms with Gasteiger partial charge >= 0.3 is 0 Å². The first-order valence-corrected chi connectivity index (χ1v) is 15.1. The molecule has 0 radical (unpaired) electrons. The van der Waals surface area contributed by atoms with Gasteiger partial charge in [0.2, 0.25) is 11.7 Å². The number of hydrogen-bond acceptors (Lipinski definition) is 2. The minimum atomic E-state index is -2.23. The van der Waals surface area contributed by atoms with Gasteiger partial charge in [-0.15, -0.1) is 0 Å². The van der Waals surface area contributed by atoms with Crippen molar-refractivity contribution in [2.75, 3.05) is 12.3 Å². The average Bonchev–Trinajstić information content (AvgIpc) is 2.87. The molecule has 1 fully saturated rings. The van der Waals surface area contributed by atoms with Crippen molar-refractivity contribution in [3.05, 3.63) is 121 Å². The van der Waals surface area contributed by atoms with Gasteiger partial charge in [-0.25, -0.2) is 0 Å². The van der Waals surface area contributed by atoms with Crippen molar-refractivity contribution in [2.24, 2.45) is 0 Å². The molecular weight excluding hydrogens is 430 g/mol. The van der Waals surface area contributed by atoms with Crippen molar-refractivity contribution in [1.82, 2.24) is 0 Å². The van der Waals surface area contributed by atoms with Crippen LogP contribution in [-0.2, 0) is 0 Å². The van der Waals surface area contributed by atoms with Crippen molar-refractivity contribution in [2.45, 2.75) is 11.7 Å². The summed E-state index contributed by atoms with van der Waals surface area (Å²) in [6.45, 7) is 0. The fraction of sp³-hybridized carbons (Fsp3) is 0.143. The van der Waals surface area contributed by atoms with Gasteiger partial charge in [-0.3, -0.25) is 0 Å². The monoisotopic (exact) mass is 458 g/mol. The number of rotatable bonds is 4. The van der Waals surface area contributed by atoms with E-state index in [-0.39, 0.29) is 0 Å². The van der Waals surface area contributed by atoms with Gasteiger partial charge in [0.05, 0.1) is 0 Å². The van der Waals surface area contributed by atoms with Crippen LogP contribution in [0.2, 0.25) is 0 Å². The van der Waals surface area contributed by atoms with Crippen LogP contribution in [0.5, 0.6) is 0 Å². The maximum atomic E-state index is 12.1. The molecule has 0 aromatic heterocycles. The Morgan fingerprint density at radius 1 is 0.406 bits per heavy atom. The molecule has 1 aliphatic rings. The topological polar surface area (TPSA) is 40.5 Å². The Morgan fingerprint density at radius 3 is 0.844 bits per heavy atom. The van der Waals surface area contributed by atoms with E-state index in [0.717, 1.165) is 21.2 Å². The highest BCUT2D eigenvalue weighted by Crippen LogP contribution is 2.75. The van der Waals surface area contributed by atoms with Gasteiger partial charge in [-0.1, -0.05) is 72.8 Å². The number of benzene rings is 4. The zero-order valence-electron chi connectivity index (χ0n) is 17.9. The van der Waals surface area contributed by atoms with E-state index >= 15 is 0 Å². The summed E-state index contributed by atoms with van der Waals surface area (Å²) < 4.78 is 0. The minimum absolute atomic E-state index is 0.524. The van der Waals surface area contributed by atoms with Crippen molar-refractivity contribution >= 4 is 35.7 Å². The third-order valence-electron chi connectivity index (χ3n) is 6.79. The largest absolute Gasteiger partial charge is 0.356 e. The zero-order valence-corrected chi connectivity index (χ0v) is 19.7. The molecule has 160 valence electrons. The Balaban J connectivity index is 1.71. The average molecular weight is 458 g/mol. The lowest BCUT2D eigenvalue weighted by atomic mass is 10.4. The van der Waals surface area contributed by atoms with Gasteiger partial charge in [0.1, 0.15) is 48.1 Å². The van der Waals surface area contributed by atoms with Crippen LogP contribution >= 0.6 is 14.5 Å². The van der Waals surface area contributed by atoms with E-state index < -0.39 is 26.2 Å². The molecule has 4 heteroatoms. The third-order valence-corrected chi connectivity index (χ3v) is 16.5. The molecule has 2 atom stereocenters. The van der Waals surface area contributed by atoms with Gasteiger partial charge < -0.3 is 10.2 Å². The minimum Gasteiger partial charge on any atom is -0.356 e. The Bertz CT molecular complexity index is 977. The van der Waals surface area contributed by atoms with E-state index in [2.05, 4.69) is 48.5 Å². The molecule has 0 bridgehead atoms. The van der Waals surface area contributed by atoms with Crippen LogP contribution < -0.4 is 21.2 Å². The fourth-order valence-corrected chi connectivity index (χ4v) is 16.1. The maximum absolute atomic E-state index is 12.1. The summed E-state index contributed by atoms with van der Waals surface area (Å²) in [6, 6.07) is 41.5. The van der Waals surface area contributed by atoms with Crippen LogP contribution in [0.3, 0.4) is 0 Å². The summed E-state index contributed by atoms with van der Waals surface area (Å²) in [5, 5.41) is 28.8. The molecular formula is C28H28O2P2+2. The van der Waals surface area contributed by atoms with Crippen LogP contribution in [0.15, 0.2) is 121 Å². The molecule has 1 saturated heterocycles. The molecule has 4 aromatic rings. The number of aliphatic hydroxyl groups is 2. The van der Waals surface area contributed by atoms with Crippen LogP contribution in [0.4, 0.5) is 0 Å². The summed E-state index contributed by atoms with van der Waals surface area (Å²) in [5.41, 5.74) is 0. The summed E-state index contributed by atoms with van der Waals surface area (Å²) >= 11 is 0. The molecule has 0 aliphatic carbocycles. The normalized spacial score (nSPS) is 21.7. The maximum Gasteiger partial charge on any atom is 0.208 e. The highest BCUT2D eigenvalue weighted by Gasteiger charge is 2.67. The summed E-state index contributed by atoms with van der Waals surface area (Å²) in [6.07, 6.45) is 1.17. The van der Waals surface area contributed by atoms with Crippen LogP contribution in [-0.4, -0.2) is 34.2 Å². The van der Waals surface area contributed by atoms with E-state index in [4.69, 9.17) is 0 Å². The quantitative estimate of drug-likeness (QED) is 0.455. The molecule has 0 saturated carbocycles. The van der Waals surface area contributed by atoms with Crippen molar-refractivity contribution in [1.29, 1.82) is 0 Å².